The first-order chi connectivity index (χ1) is 7.77. The molecule has 0 amide bonds. The van der Waals surface area contributed by atoms with Crippen molar-refractivity contribution < 1.29 is 4.74 Å². The monoisotopic (exact) mass is 236 g/mol. The molecule has 0 radical (unpaired) electrons. The van der Waals surface area contributed by atoms with Crippen molar-refractivity contribution in [1.82, 2.24) is 4.98 Å². The van der Waals surface area contributed by atoms with Gasteiger partial charge in [-0.25, -0.2) is 4.98 Å². The van der Waals surface area contributed by atoms with E-state index in [-0.39, 0.29) is 0 Å². The van der Waals surface area contributed by atoms with Crippen molar-refractivity contribution in [3.63, 3.8) is 0 Å². The Kier molecular flexibility index (Phi) is 5.50. The second-order valence-corrected chi connectivity index (χ2v) is 4.07. The summed E-state index contributed by atoms with van der Waals surface area (Å²) in [5.74, 6) is 0.597. The zero-order chi connectivity index (χ0) is 11.8. The second kappa shape index (κ2) is 6.95. The van der Waals surface area contributed by atoms with E-state index in [1.807, 2.05) is 5.38 Å². The second-order valence-electron chi connectivity index (χ2n) is 3.17. The zero-order valence-electron chi connectivity index (χ0n) is 9.48. The van der Waals surface area contributed by atoms with Gasteiger partial charge in [-0.1, -0.05) is 26.5 Å². The first-order valence-electron chi connectivity index (χ1n) is 5.16. The van der Waals surface area contributed by atoms with Crippen LogP contribution in [-0.4, -0.2) is 17.2 Å². The van der Waals surface area contributed by atoms with Gasteiger partial charge in [0.2, 0.25) is 0 Å². The van der Waals surface area contributed by atoms with E-state index in [4.69, 9.17) is 4.74 Å². The Morgan fingerprint density at radius 2 is 2.50 bits per heavy atom. The molecule has 1 aromatic rings. The van der Waals surface area contributed by atoms with Gasteiger partial charge < -0.3 is 4.74 Å². The molecule has 0 aliphatic rings. The van der Waals surface area contributed by atoms with E-state index in [0.717, 1.165) is 23.6 Å². The Labute approximate surface area is 100 Å². The van der Waals surface area contributed by atoms with Gasteiger partial charge in [-0.3, -0.25) is 4.99 Å². The standard InChI is InChI=1S/C12H16N2OS/c1-4-6-11(12-13-7-8-16-12)14-9-10(3)15-5-2/h5,7-8H,2-4,6,9H2,1H3. The van der Waals surface area contributed by atoms with Crippen LogP contribution in [0.15, 0.2) is 41.7 Å². The van der Waals surface area contributed by atoms with Gasteiger partial charge in [-0.05, 0) is 6.42 Å². The molecule has 0 aliphatic heterocycles. The van der Waals surface area contributed by atoms with Gasteiger partial charge in [0.15, 0.2) is 0 Å². The van der Waals surface area contributed by atoms with Gasteiger partial charge in [0.05, 0.1) is 18.5 Å². The fourth-order valence-corrected chi connectivity index (χ4v) is 1.87. The summed E-state index contributed by atoms with van der Waals surface area (Å²) in [7, 11) is 0. The normalized spacial score (nSPS) is 11.2. The van der Waals surface area contributed by atoms with Gasteiger partial charge in [0, 0.05) is 11.6 Å². The molecule has 3 nitrogen and oxygen atoms in total. The summed E-state index contributed by atoms with van der Waals surface area (Å²) in [4.78, 5) is 8.72. The van der Waals surface area contributed by atoms with Crippen molar-refractivity contribution in [1.29, 1.82) is 0 Å². The molecular weight excluding hydrogens is 220 g/mol. The summed E-state index contributed by atoms with van der Waals surface area (Å²) < 4.78 is 5.03. The van der Waals surface area contributed by atoms with Crippen LogP contribution in [0.5, 0.6) is 0 Å². The molecule has 0 fully saturated rings. The quantitative estimate of drug-likeness (QED) is 0.537. The van der Waals surface area contributed by atoms with Gasteiger partial charge in [0.25, 0.3) is 0 Å². The van der Waals surface area contributed by atoms with Gasteiger partial charge in [-0.2, -0.15) is 0 Å². The molecular formula is C12H16N2OS. The molecule has 1 heterocycles. The Balaban J connectivity index is 2.66. The highest BCUT2D eigenvalue weighted by Gasteiger charge is 2.05. The van der Waals surface area contributed by atoms with Crippen LogP contribution in [0.25, 0.3) is 0 Å². The Morgan fingerprint density at radius 3 is 3.06 bits per heavy atom. The molecule has 0 atom stereocenters. The lowest BCUT2D eigenvalue weighted by atomic mass is 10.2. The molecule has 4 heteroatoms. The largest absolute Gasteiger partial charge is 0.469 e. The number of hydrogen-bond donors (Lipinski definition) is 0. The van der Waals surface area contributed by atoms with Crippen molar-refractivity contribution in [2.75, 3.05) is 6.54 Å². The van der Waals surface area contributed by atoms with Crippen molar-refractivity contribution in [3.05, 3.63) is 41.8 Å². The highest BCUT2D eigenvalue weighted by atomic mass is 32.1. The van der Waals surface area contributed by atoms with Crippen molar-refractivity contribution in [3.8, 4) is 0 Å². The summed E-state index contributed by atoms with van der Waals surface area (Å²) in [5.41, 5.74) is 1.02. The van der Waals surface area contributed by atoms with Crippen LogP contribution in [-0.2, 0) is 4.74 Å². The fraction of sp³-hybridized carbons (Fsp3) is 0.333. The summed E-state index contributed by atoms with van der Waals surface area (Å²) in [6.45, 7) is 9.79. The molecule has 86 valence electrons. The minimum atomic E-state index is 0.459. The topological polar surface area (TPSA) is 34.5 Å². The smallest absolute Gasteiger partial charge is 0.137 e. The molecule has 16 heavy (non-hydrogen) atoms. The molecule has 1 rings (SSSR count). The van der Waals surface area contributed by atoms with Gasteiger partial charge >= 0.3 is 0 Å². The molecule has 0 unspecified atom stereocenters. The number of aliphatic imine (C=N–C) groups is 1. The number of aromatic nitrogens is 1. The summed E-state index contributed by atoms with van der Waals surface area (Å²) in [5, 5.41) is 2.93. The molecule has 0 saturated heterocycles. The van der Waals surface area contributed by atoms with E-state index in [2.05, 4.69) is 30.1 Å². The van der Waals surface area contributed by atoms with Gasteiger partial charge in [-0.15, -0.1) is 11.3 Å². The Hall–Kier alpha value is -1.42. The minimum Gasteiger partial charge on any atom is -0.469 e. The predicted molar refractivity (Wildman–Crippen MR) is 68.8 cm³/mol. The summed E-state index contributed by atoms with van der Waals surface area (Å²) >= 11 is 1.60. The molecule has 0 saturated carbocycles. The highest BCUT2D eigenvalue weighted by Crippen LogP contribution is 2.11. The lowest BCUT2D eigenvalue weighted by Gasteiger charge is -2.03. The molecule has 0 aromatic carbocycles. The number of rotatable bonds is 7. The number of ether oxygens (including phenoxy) is 1. The van der Waals surface area contributed by atoms with Crippen molar-refractivity contribution in [2.24, 2.45) is 4.99 Å². The minimum absolute atomic E-state index is 0.459. The van der Waals surface area contributed by atoms with E-state index >= 15 is 0 Å². The van der Waals surface area contributed by atoms with E-state index in [1.165, 1.54) is 6.26 Å². The molecule has 1 aromatic heterocycles. The molecule has 0 N–H and O–H groups in total. The Bertz CT molecular complexity index is 368. The van der Waals surface area contributed by atoms with E-state index < -0.39 is 0 Å². The van der Waals surface area contributed by atoms with Crippen LogP contribution in [0.3, 0.4) is 0 Å². The molecule has 0 spiro atoms. The lowest BCUT2D eigenvalue weighted by Crippen LogP contribution is -2.02. The predicted octanol–water partition coefficient (Wildman–Crippen LogP) is 3.41. The highest BCUT2D eigenvalue weighted by molar-refractivity contribution is 7.11. The molecule has 0 bridgehead atoms. The van der Waals surface area contributed by atoms with Crippen LogP contribution in [0, 0.1) is 0 Å². The van der Waals surface area contributed by atoms with Crippen molar-refractivity contribution >= 4 is 17.0 Å². The van der Waals surface area contributed by atoms with Gasteiger partial charge in [0.1, 0.15) is 10.8 Å². The number of thiazole rings is 1. The average molecular weight is 236 g/mol. The van der Waals surface area contributed by atoms with E-state index in [0.29, 0.717) is 12.3 Å². The fourth-order valence-electron chi connectivity index (χ4n) is 1.20. The lowest BCUT2D eigenvalue weighted by molar-refractivity contribution is 0.349. The van der Waals surface area contributed by atoms with E-state index in [1.54, 1.807) is 17.5 Å². The van der Waals surface area contributed by atoms with Crippen LogP contribution in [0.2, 0.25) is 0 Å². The third-order valence-electron chi connectivity index (χ3n) is 1.86. The van der Waals surface area contributed by atoms with E-state index in [9.17, 15) is 0 Å². The van der Waals surface area contributed by atoms with Crippen LogP contribution in [0.1, 0.15) is 24.8 Å². The summed E-state index contributed by atoms with van der Waals surface area (Å²) in [6.07, 6.45) is 5.13. The summed E-state index contributed by atoms with van der Waals surface area (Å²) in [6, 6.07) is 0. The maximum atomic E-state index is 5.03. The Morgan fingerprint density at radius 1 is 1.69 bits per heavy atom. The van der Waals surface area contributed by atoms with Crippen LogP contribution in [0.4, 0.5) is 0 Å². The first kappa shape index (κ1) is 12.6. The first-order valence-corrected chi connectivity index (χ1v) is 6.04. The third kappa shape index (κ3) is 3.98. The SMILES string of the molecule is C=COC(=C)CN=C(CCC)c1nccs1. The number of nitrogens with zero attached hydrogens (tertiary/aromatic N) is 2. The zero-order valence-corrected chi connectivity index (χ0v) is 10.3. The average Bonchev–Trinajstić information content (AvgIpc) is 2.78. The molecule has 0 aliphatic carbocycles. The third-order valence-corrected chi connectivity index (χ3v) is 2.68. The van der Waals surface area contributed by atoms with Crippen molar-refractivity contribution in [2.45, 2.75) is 19.8 Å². The van der Waals surface area contributed by atoms with Crippen LogP contribution >= 0.6 is 11.3 Å². The van der Waals surface area contributed by atoms with Crippen LogP contribution < -0.4 is 0 Å². The maximum absolute atomic E-state index is 5.03. The number of hydrogen-bond acceptors (Lipinski definition) is 4. The maximum Gasteiger partial charge on any atom is 0.137 e.